The molecular formula is C27H30N4O. The topological polar surface area (TPSA) is 66.9 Å². The average molecular weight is 427 g/mol. The van der Waals surface area contributed by atoms with E-state index in [1.165, 1.54) is 31.2 Å². The van der Waals surface area contributed by atoms with Crippen molar-refractivity contribution in [2.24, 2.45) is 0 Å². The van der Waals surface area contributed by atoms with E-state index in [4.69, 9.17) is 11.4 Å². The van der Waals surface area contributed by atoms with Gasteiger partial charge in [-0.25, -0.2) is 9.97 Å². The number of aromatic nitrogens is 2. The quantitative estimate of drug-likeness (QED) is 0.554. The van der Waals surface area contributed by atoms with Crippen molar-refractivity contribution in [3.05, 3.63) is 54.7 Å². The molecular weight excluding hydrogens is 396 g/mol. The highest BCUT2D eigenvalue weighted by molar-refractivity contribution is 5.93. The molecule has 5 nitrogen and oxygen atoms in total. The van der Waals surface area contributed by atoms with Gasteiger partial charge in [0.25, 0.3) is 5.91 Å². The summed E-state index contributed by atoms with van der Waals surface area (Å²) in [5, 5.41) is 7.53. The zero-order chi connectivity index (χ0) is 22.2. The lowest BCUT2D eigenvalue weighted by molar-refractivity contribution is -0.116. The number of hydrogen-bond donors (Lipinski definition) is 2. The lowest BCUT2D eigenvalue weighted by atomic mass is 9.93. The average Bonchev–Trinajstić information content (AvgIpc) is 2.84. The van der Waals surface area contributed by atoms with Gasteiger partial charge >= 0.3 is 0 Å². The number of rotatable bonds is 4. The molecule has 2 N–H and O–H groups in total. The summed E-state index contributed by atoms with van der Waals surface area (Å²) in [6.07, 6.45) is 16.1. The van der Waals surface area contributed by atoms with Gasteiger partial charge in [-0.15, -0.1) is 6.42 Å². The highest BCUT2D eigenvalue weighted by Gasteiger charge is 2.24. The minimum atomic E-state index is -0.355. The van der Waals surface area contributed by atoms with Crippen molar-refractivity contribution in [3.8, 4) is 23.5 Å². The predicted octanol–water partition coefficient (Wildman–Crippen LogP) is 5.33. The van der Waals surface area contributed by atoms with Crippen LogP contribution in [0.2, 0.25) is 0 Å². The number of nitrogens with one attached hydrogen (secondary N) is 2. The molecule has 1 aliphatic carbocycles. The van der Waals surface area contributed by atoms with E-state index in [1.54, 1.807) is 0 Å². The van der Waals surface area contributed by atoms with Gasteiger partial charge in [0.2, 0.25) is 5.95 Å². The zero-order valence-corrected chi connectivity index (χ0v) is 18.4. The maximum Gasteiger partial charge on any atom is 0.295 e. The number of terminal acetylenes is 1. The Hall–Kier alpha value is -3.39. The van der Waals surface area contributed by atoms with Crippen molar-refractivity contribution in [3.63, 3.8) is 0 Å². The van der Waals surface area contributed by atoms with Crippen LogP contribution in [0.25, 0.3) is 22.0 Å². The number of nitrogens with zero attached hydrogens (tertiary/aromatic N) is 2. The molecule has 1 aliphatic rings. The lowest BCUT2D eigenvalue weighted by Crippen LogP contribution is -2.47. The Morgan fingerprint density at radius 1 is 0.906 bits per heavy atom. The largest absolute Gasteiger partial charge is 0.349 e. The van der Waals surface area contributed by atoms with Crippen LogP contribution in [0.4, 0.5) is 5.95 Å². The molecule has 5 heteroatoms. The van der Waals surface area contributed by atoms with E-state index in [-0.39, 0.29) is 18.0 Å². The minimum Gasteiger partial charge on any atom is -0.349 e. The summed E-state index contributed by atoms with van der Waals surface area (Å²) in [4.78, 5) is 21.3. The molecule has 0 radical (unpaired) electrons. The van der Waals surface area contributed by atoms with Gasteiger partial charge in [0.1, 0.15) is 0 Å². The second-order valence-corrected chi connectivity index (χ2v) is 8.51. The van der Waals surface area contributed by atoms with Crippen molar-refractivity contribution >= 4 is 22.8 Å². The Kier molecular flexibility index (Phi) is 7.34. The molecule has 2 aromatic carbocycles. The molecule has 1 saturated carbocycles. The number of carbonyl (C=O) groups excluding carboxylic acids is 1. The van der Waals surface area contributed by atoms with Crippen LogP contribution in [0.3, 0.4) is 0 Å². The Balaban J connectivity index is 1.55. The van der Waals surface area contributed by atoms with Crippen molar-refractivity contribution in [2.75, 3.05) is 5.32 Å². The van der Waals surface area contributed by atoms with Gasteiger partial charge in [-0.2, -0.15) is 0 Å². The zero-order valence-electron chi connectivity index (χ0n) is 18.4. The number of hydrogen-bond acceptors (Lipinski definition) is 4. The van der Waals surface area contributed by atoms with Crippen molar-refractivity contribution in [1.29, 1.82) is 0 Å². The van der Waals surface area contributed by atoms with Crippen LogP contribution in [0.5, 0.6) is 0 Å². The maximum absolute atomic E-state index is 11.9. The number of carbonyl (C=O) groups is 1. The highest BCUT2D eigenvalue weighted by atomic mass is 16.1. The van der Waals surface area contributed by atoms with Gasteiger partial charge in [0, 0.05) is 23.7 Å². The van der Waals surface area contributed by atoms with E-state index >= 15 is 0 Å². The third kappa shape index (κ3) is 5.64. The smallest absolute Gasteiger partial charge is 0.295 e. The van der Waals surface area contributed by atoms with Crippen molar-refractivity contribution in [2.45, 2.75) is 63.5 Å². The van der Waals surface area contributed by atoms with Crippen LogP contribution < -0.4 is 10.6 Å². The molecule has 2 atom stereocenters. The van der Waals surface area contributed by atoms with Gasteiger partial charge in [-0.3, -0.25) is 4.79 Å². The van der Waals surface area contributed by atoms with Crippen molar-refractivity contribution in [1.82, 2.24) is 15.3 Å². The molecule has 0 saturated heterocycles. The molecule has 0 bridgehead atoms. The fourth-order valence-corrected chi connectivity index (χ4v) is 4.47. The summed E-state index contributed by atoms with van der Waals surface area (Å²) in [5.41, 5.74) is 3.21. The summed E-state index contributed by atoms with van der Waals surface area (Å²) in [6, 6.07) is 16.6. The van der Waals surface area contributed by atoms with Gasteiger partial charge < -0.3 is 10.6 Å². The summed E-state index contributed by atoms with van der Waals surface area (Å²) in [6.45, 7) is 0. The van der Waals surface area contributed by atoms with Crippen LogP contribution in [-0.4, -0.2) is 28.0 Å². The summed E-state index contributed by atoms with van der Waals surface area (Å²) in [7, 11) is 0. The standard InChI is InChI=1S/C27H30N4O/c1-2-26(32)29-24-14-10-5-3-4-6-11-15-25(24)31-27-28-19-22-18-21(16-17-23(22)30-27)20-12-8-7-9-13-20/h1,7-9,12-13,16-19,24-25H,3-6,10-11,14-15H2,(H,29,32)(H,28,30,31)/t24?,25-/m0/s1. The van der Waals surface area contributed by atoms with E-state index < -0.39 is 0 Å². The first-order valence-corrected chi connectivity index (χ1v) is 11.6. The van der Waals surface area contributed by atoms with E-state index in [1.807, 2.05) is 30.5 Å². The van der Waals surface area contributed by atoms with E-state index in [9.17, 15) is 4.79 Å². The van der Waals surface area contributed by atoms with Gasteiger partial charge in [0.15, 0.2) is 0 Å². The van der Waals surface area contributed by atoms with E-state index in [0.29, 0.717) is 5.95 Å². The van der Waals surface area contributed by atoms with Crippen LogP contribution in [0.1, 0.15) is 51.4 Å². The first kappa shape index (κ1) is 21.8. The third-order valence-corrected chi connectivity index (χ3v) is 6.21. The second kappa shape index (κ2) is 10.8. The molecule has 4 rings (SSSR count). The van der Waals surface area contributed by atoms with Crippen molar-refractivity contribution < 1.29 is 4.79 Å². The number of anilines is 1. The predicted molar refractivity (Wildman–Crippen MR) is 130 cm³/mol. The SMILES string of the molecule is C#CC(=O)NC1CCCCCCCC[C@@H]1Nc1ncc2cc(-c3ccccc3)ccc2n1. The molecule has 1 heterocycles. The molecule has 1 aromatic heterocycles. The first-order valence-electron chi connectivity index (χ1n) is 11.6. The van der Waals surface area contributed by atoms with Crippen LogP contribution >= 0.6 is 0 Å². The molecule has 1 amide bonds. The minimum absolute atomic E-state index is 0.0311. The molecule has 1 unspecified atom stereocenters. The van der Waals surface area contributed by atoms with Crippen LogP contribution in [0.15, 0.2) is 54.7 Å². The summed E-state index contributed by atoms with van der Waals surface area (Å²) >= 11 is 0. The fraction of sp³-hybridized carbons (Fsp3) is 0.370. The summed E-state index contributed by atoms with van der Waals surface area (Å²) in [5.74, 6) is 2.43. The Morgan fingerprint density at radius 3 is 2.38 bits per heavy atom. The number of fused-ring (bicyclic) bond motifs is 1. The maximum atomic E-state index is 11.9. The third-order valence-electron chi connectivity index (χ3n) is 6.21. The number of benzene rings is 2. The molecule has 164 valence electrons. The highest BCUT2D eigenvalue weighted by Crippen LogP contribution is 2.25. The fourth-order valence-electron chi connectivity index (χ4n) is 4.47. The van der Waals surface area contributed by atoms with E-state index in [2.05, 4.69) is 45.8 Å². The Morgan fingerprint density at radius 2 is 1.62 bits per heavy atom. The van der Waals surface area contributed by atoms with Gasteiger partial charge in [0.05, 0.1) is 5.52 Å². The van der Waals surface area contributed by atoms with Gasteiger partial charge in [-0.1, -0.05) is 74.9 Å². The second-order valence-electron chi connectivity index (χ2n) is 8.51. The molecule has 0 aliphatic heterocycles. The van der Waals surface area contributed by atoms with Crippen LogP contribution in [-0.2, 0) is 4.79 Å². The van der Waals surface area contributed by atoms with E-state index in [0.717, 1.165) is 42.1 Å². The normalized spacial score (nSPS) is 19.6. The lowest BCUT2D eigenvalue weighted by Gasteiger charge is -2.29. The first-order chi connectivity index (χ1) is 15.7. The Bertz CT molecular complexity index is 1090. The monoisotopic (exact) mass is 426 g/mol. The van der Waals surface area contributed by atoms with Crippen LogP contribution in [0, 0.1) is 12.3 Å². The number of amides is 1. The van der Waals surface area contributed by atoms with Gasteiger partial charge in [-0.05, 0) is 42.0 Å². The molecule has 3 aromatic rings. The summed E-state index contributed by atoms with van der Waals surface area (Å²) < 4.78 is 0. The molecule has 32 heavy (non-hydrogen) atoms. The molecule has 1 fully saturated rings. The molecule has 0 spiro atoms. The Labute approximate surface area is 190 Å².